The Morgan fingerprint density at radius 1 is 1.33 bits per heavy atom. The van der Waals surface area contributed by atoms with Crippen molar-refractivity contribution >= 4 is 26.0 Å². The first-order valence-electron chi connectivity index (χ1n) is 7.13. The van der Waals surface area contributed by atoms with Gasteiger partial charge in [0.1, 0.15) is 0 Å². The molecule has 7 heteroatoms. The first kappa shape index (κ1) is 15.4. The van der Waals surface area contributed by atoms with Crippen LogP contribution in [-0.2, 0) is 21.3 Å². The van der Waals surface area contributed by atoms with Crippen molar-refractivity contribution in [3.8, 4) is 0 Å². The van der Waals surface area contributed by atoms with Crippen LogP contribution in [0.1, 0.15) is 24.8 Å². The molecule has 0 bridgehead atoms. The lowest BCUT2D eigenvalue weighted by molar-refractivity contribution is 0.0848. The van der Waals surface area contributed by atoms with Crippen molar-refractivity contribution in [1.29, 1.82) is 0 Å². The molecule has 1 heterocycles. The summed E-state index contributed by atoms with van der Waals surface area (Å²) in [5.74, 6) is 0.513. The van der Waals surface area contributed by atoms with E-state index in [1.165, 1.54) is 0 Å². The van der Waals surface area contributed by atoms with E-state index >= 15 is 0 Å². The van der Waals surface area contributed by atoms with Gasteiger partial charge in [-0.25, -0.2) is 13.1 Å². The van der Waals surface area contributed by atoms with Gasteiger partial charge in [0.2, 0.25) is 10.0 Å². The Kier molecular flexibility index (Phi) is 4.38. The molecule has 2 aliphatic rings. The lowest BCUT2D eigenvalue weighted by atomic mass is 10.1. The number of halogens is 1. The molecule has 1 aliphatic carbocycles. The van der Waals surface area contributed by atoms with Gasteiger partial charge in [0.15, 0.2) is 0 Å². The molecule has 1 saturated heterocycles. The summed E-state index contributed by atoms with van der Waals surface area (Å²) in [6.07, 6.45) is 3.02. The van der Waals surface area contributed by atoms with Gasteiger partial charge in [0.25, 0.3) is 0 Å². The van der Waals surface area contributed by atoms with Crippen LogP contribution in [0.4, 0.5) is 0 Å². The van der Waals surface area contributed by atoms with Gasteiger partial charge >= 0.3 is 0 Å². The molecular formula is C14H19BrN2O3S. The van der Waals surface area contributed by atoms with E-state index in [2.05, 4.69) is 20.7 Å². The number of hydrogen-bond acceptors (Lipinski definition) is 4. The highest BCUT2D eigenvalue weighted by Gasteiger charge is 2.42. The normalized spacial score (nSPS) is 26.2. The largest absolute Gasteiger partial charge is 0.376 e. The molecule has 2 unspecified atom stereocenters. The quantitative estimate of drug-likeness (QED) is 0.822. The van der Waals surface area contributed by atoms with E-state index in [4.69, 9.17) is 10.5 Å². The van der Waals surface area contributed by atoms with Gasteiger partial charge in [-0.1, -0.05) is 6.07 Å². The highest BCUT2D eigenvalue weighted by Crippen LogP contribution is 2.39. The molecule has 0 spiro atoms. The molecule has 3 N–H and O–H groups in total. The summed E-state index contributed by atoms with van der Waals surface area (Å²) in [5.41, 5.74) is 6.39. The molecule has 2 atom stereocenters. The fourth-order valence-electron chi connectivity index (χ4n) is 2.77. The summed E-state index contributed by atoms with van der Waals surface area (Å²) >= 11 is 3.31. The van der Waals surface area contributed by atoms with Gasteiger partial charge < -0.3 is 10.5 Å². The third-order valence-corrected chi connectivity index (χ3v) is 6.53. The fraction of sp³-hybridized carbons (Fsp3) is 0.571. The number of nitrogens with one attached hydrogen (secondary N) is 1. The lowest BCUT2D eigenvalue weighted by Crippen LogP contribution is -2.41. The molecular weight excluding hydrogens is 356 g/mol. The molecule has 0 radical (unpaired) electrons. The van der Waals surface area contributed by atoms with E-state index in [0.717, 1.165) is 24.8 Å². The highest BCUT2D eigenvalue weighted by molar-refractivity contribution is 9.10. The molecule has 1 aliphatic heterocycles. The van der Waals surface area contributed by atoms with Crippen molar-refractivity contribution in [2.75, 3.05) is 6.61 Å². The fourth-order valence-corrected chi connectivity index (χ4v) is 5.07. The molecule has 0 amide bonds. The van der Waals surface area contributed by atoms with E-state index in [1.54, 1.807) is 12.1 Å². The Hall–Kier alpha value is -0.470. The zero-order valence-corrected chi connectivity index (χ0v) is 14.0. The molecule has 0 aromatic heterocycles. The second kappa shape index (κ2) is 5.96. The first-order chi connectivity index (χ1) is 10.0. The van der Waals surface area contributed by atoms with Gasteiger partial charge in [-0.15, -0.1) is 0 Å². The molecule has 116 valence electrons. The minimum atomic E-state index is -3.58. The Labute approximate surface area is 133 Å². The molecule has 1 aromatic carbocycles. The van der Waals surface area contributed by atoms with Gasteiger partial charge in [-0.2, -0.15) is 0 Å². The Morgan fingerprint density at radius 2 is 2.10 bits per heavy atom. The van der Waals surface area contributed by atoms with E-state index in [-0.39, 0.29) is 17.0 Å². The second-order valence-corrected chi connectivity index (χ2v) is 8.19. The van der Waals surface area contributed by atoms with Crippen LogP contribution in [0.25, 0.3) is 0 Å². The SMILES string of the molecule is NCc1ccc(Br)c(S(=O)(=O)NC2CCOC2C2CC2)c1. The molecule has 1 saturated carbocycles. The van der Waals surface area contributed by atoms with Crippen molar-refractivity contribution in [2.45, 2.75) is 42.8 Å². The summed E-state index contributed by atoms with van der Waals surface area (Å²) in [7, 11) is -3.58. The van der Waals surface area contributed by atoms with Crippen LogP contribution >= 0.6 is 15.9 Å². The molecule has 2 fully saturated rings. The topological polar surface area (TPSA) is 81.4 Å². The summed E-state index contributed by atoms with van der Waals surface area (Å²) in [4.78, 5) is 0.242. The average Bonchev–Trinajstić information content (AvgIpc) is 3.20. The zero-order chi connectivity index (χ0) is 15.0. The lowest BCUT2D eigenvalue weighted by Gasteiger charge is -2.20. The number of nitrogens with two attached hydrogens (primary N) is 1. The Bertz CT molecular complexity index is 631. The number of rotatable bonds is 5. The summed E-state index contributed by atoms with van der Waals surface area (Å²) in [6.45, 7) is 0.936. The molecule has 1 aromatic rings. The standard InChI is InChI=1S/C14H19BrN2O3S/c15-11-4-1-9(8-16)7-13(11)21(18,19)17-12-5-6-20-14(12)10-2-3-10/h1,4,7,10,12,14,17H,2-3,5-6,8,16H2. The Balaban J connectivity index is 1.83. The van der Waals surface area contributed by atoms with Crippen LogP contribution in [0.5, 0.6) is 0 Å². The zero-order valence-electron chi connectivity index (χ0n) is 11.6. The van der Waals surface area contributed by atoms with Gasteiger partial charge in [-0.3, -0.25) is 0 Å². The summed E-state index contributed by atoms with van der Waals surface area (Å²) < 4.78 is 34.3. The van der Waals surface area contributed by atoms with Crippen molar-refractivity contribution < 1.29 is 13.2 Å². The van der Waals surface area contributed by atoms with Crippen molar-refractivity contribution in [1.82, 2.24) is 4.72 Å². The predicted octanol–water partition coefficient (Wildman–Crippen LogP) is 1.75. The van der Waals surface area contributed by atoms with Crippen molar-refractivity contribution in [2.24, 2.45) is 11.7 Å². The minimum absolute atomic E-state index is 0.0243. The maximum atomic E-state index is 12.6. The number of ether oxygens (including phenoxy) is 1. The Morgan fingerprint density at radius 3 is 2.76 bits per heavy atom. The van der Waals surface area contributed by atoms with E-state index in [9.17, 15) is 8.42 Å². The number of sulfonamides is 1. The summed E-state index contributed by atoms with van der Waals surface area (Å²) in [5, 5.41) is 0. The monoisotopic (exact) mass is 374 g/mol. The van der Waals surface area contributed by atoms with Crippen LogP contribution in [0.3, 0.4) is 0 Å². The van der Waals surface area contributed by atoms with Crippen LogP contribution in [0.15, 0.2) is 27.6 Å². The van der Waals surface area contributed by atoms with Crippen LogP contribution in [0.2, 0.25) is 0 Å². The van der Waals surface area contributed by atoms with Gasteiger partial charge in [-0.05, 0) is 58.8 Å². The van der Waals surface area contributed by atoms with E-state index in [0.29, 0.717) is 23.5 Å². The third kappa shape index (κ3) is 3.32. The van der Waals surface area contributed by atoms with Crippen molar-refractivity contribution in [3.05, 3.63) is 28.2 Å². The van der Waals surface area contributed by atoms with Gasteiger partial charge in [0, 0.05) is 17.6 Å². The molecule has 5 nitrogen and oxygen atoms in total. The average molecular weight is 375 g/mol. The first-order valence-corrected chi connectivity index (χ1v) is 9.41. The molecule has 21 heavy (non-hydrogen) atoms. The second-order valence-electron chi connectivity index (χ2n) is 5.66. The highest BCUT2D eigenvalue weighted by atomic mass is 79.9. The third-order valence-electron chi connectivity index (χ3n) is 4.05. The minimum Gasteiger partial charge on any atom is -0.376 e. The maximum absolute atomic E-state index is 12.6. The van der Waals surface area contributed by atoms with E-state index in [1.807, 2.05) is 6.07 Å². The van der Waals surface area contributed by atoms with Crippen LogP contribution < -0.4 is 10.5 Å². The molecule has 3 rings (SSSR count). The summed E-state index contributed by atoms with van der Waals surface area (Å²) in [6, 6.07) is 5.03. The van der Waals surface area contributed by atoms with Gasteiger partial charge in [0.05, 0.1) is 17.0 Å². The maximum Gasteiger partial charge on any atom is 0.242 e. The predicted molar refractivity (Wildman–Crippen MR) is 83.2 cm³/mol. The number of benzene rings is 1. The van der Waals surface area contributed by atoms with Crippen molar-refractivity contribution in [3.63, 3.8) is 0 Å². The van der Waals surface area contributed by atoms with Crippen LogP contribution in [-0.4, -0.2) is 27.2 Å². The van der Waals surface area contributed by atoms with E-state index < -0.39 is 10.0 Å². The smallest absolute Gasteiger partial charge is 0.242 e. The number of hydrogen-bond donors (Lipinski definition) is 2. The van der Waals surface area contributed by atoms with Crippen LogP contribution in [0, 0.1) is 5.92 Å².